The summed E-state index contributed by atoms with van der Waals surface area (Å²) in [5.41, 5.74) is 0.758. The van der Waals surface area contributed by atoms with E-state index in [1.165, 1.54) is 12.8 Å². The maximum atomic E-state index is 16.6. The first kappa shape index (κ1) is 31.5. The lowest BCUT2D eigenvalue weighted by Crippen LogP contribution is -2.27. The summed E-state index contributed by atoms with van der Waals surface area (Å²) in [6, 6.07) is 2.05. The number of aromatic nitrogens is 3. The van der Waals surface area contributed by atoms with Crippen LogP contribution in [-0.2, 0) is 22.7 Å². The summed E-state index contributed by atoms with van der Waals surface area (Å²) in [5.74, 6) is -0.419. The van der Waals surface area contributed by atoms with Gasteiger partial charge in [0.15, 0.2) is 11.6 Å². The van der Waals surface area contributed by atoms with Crippen LogP contribution in [0.15, 0.2) is 12.4 Å². The third-order valence-corrected chi connectivity index (χ3v) is 8.64. The first-order chi connectivity index (χ1) is 21.0. The van der Waals surface area contributed by atoms with E-state index in [1.807, 2.05) is 11.0 Å². The largest absolute Gasteiger partial charge is 0.444 e. The first-order valence-corrected chi connectivity index (χ1v) is 15.6. The number of nitrogens with one attached hydrogen (secondary N) is 1. The van der Waals surface area contributed by atoms with Gasteiger partial charge in [-0.2, -0.15) is 5.26 Å². The Morgan fingerprint density at radius 2 is 1.93 bits per heavy atom. The molecule has 232 valence electrons. The molecule has 12 heteroatoms. The van der Waals surface area contributed by atoms with Crippen LogP contribution >= 0.6 is 11.3 Å². The number of carbonyl (C=O) groups is 1. The molecule has 6 rings (SSSR count). The highest BCUT2D eigenvalue weighted by atomic mass is 32.1. The summed E-state index contributed by atoms with van der Waals surface area (Å²) in [6.07, 6.45) is 5.47. The number of carbonyl (C=O) groups excluding carboxylic acids is 1. The van der Waals surface area contributed by atoms with E-state index in [0.717, 1.165) is 42.6 Å². The number of thiophene rings is 1. The van der Waals surface area contributed by atoms with Crippen molar-refractivity contribution in [2.75, 3.05) is 23.3 Å². The van der Waals surface area contributed by atoms with Crippen LogP contribution in [0, 0.1) is 28.9 Å². The lowest BCUT2D eigenvalue weighted by atomic mass is 9.94. The van der Waals surface area contributed by atoms with Crippen LogP contribution < -0.4 is 10.2 Å². The molecular formula is C32H36F2N6O3S. The van der Waals surface area contributed by atoms with Gasteiger partial charge < -0.3 is 14.4 Å². The monoisotopic (exact) mass is 622 g/mol. The van der Waals surface area contributed by atoms with Crippen molar-refractivity contribution in [2.24, 2.45) is 5.92 Å². The van der Waals surface area contributed by atoms with Crippen molar-refractivity contribution in [3.05, 3.63) is 40.7 Å². The molecule has 1 amide bonds. The van der Waals surface area contributed by atoms with Crippen molar-refractivity contribution in [1.82, 2.24) is 15.0 Å². The van der Waals surface area contributed by atoms with Crippen molar-refractivity contribution < 1.29 is 23.0 Å². The van der Waals surface area contributed by atoms with Gasteiger partial charge in [-0.15, -0.1) is 11.3 Å². The molecule has 1 saturated heterocycles. The number of unbranched alkanes of at least 4 members (excludes halogenated alkanes) is 1. The van der Waals surface area contributed by atoms with E-state index >= 15 is 8.78 Å². The van der Waals surface area contributed by atoms with Gasteiger partial charge in [0.2, 0.25) is 5.95 Å². The van der Waals surface area contributed by atoms with E-state index in [1.54, 1.807) is 27.0 Å². The number of hydrogen-bond donors (Lipinski definition) is 1. The highest BCUT2D eigenvalue weighted by Gasteiger charge is 2.31. The maximum absolute atomic E-state index is 16.6. The summed E-state index contributed by atoms with van der Waals surface area (Å²) in [5, 5.41) is 13.4. The Kier molecular flexibility index (Phi) is 9.00. The average molecular weight is 623 g/mol. The van der Waals surface area contributed by atoms with Crippen LogP contribution in [0.1, 0.15) is 77.5 Å². The van der Waals surface area contributed by atoms with E-state index in [4.69, 9.17) is 9.47 Å². The number of anilines is 2. The molecular weight excluding hydrogens is 586 g/mol. The third kappa shape index (κ3) is 6.03. The van der Waals surface area contributed by atoms with Gasteiger partial charge in [0, 0.05) is 35.6 Å². The molecule has 2 aliphatic rings. The molecule has 3 aromatic heterocycles. The number of halogens is 2. The number of rotatable bonds is 4. The molecule has 1 N–H and O–H groups in total. The van der Waals surface area contributed by atoms with Crippen LogP contribution in [-0.4, -0.2) is 39.7 Å². The van der Waals surface area contributed by atoms with E-state index < -0.39 is 23.3 Å². The SMILES string of the molecule is CC1CCN(c2ncc3c4c(c(-c5ncc(F)c6sc(NC(=O)OC(C)(C)C)c(C#N)c56)c(F)c3n2)COC4)C1.CCCC. The van der Waals surface area contributed by atoms with Gasteiger partial charge in [0.25, 0.3) is 0 Å². The second-order valence-electron chi connectivity index (χ2n) is 12.1. The predicted molar refractivity (Wildman–Crippen MR) is 168 cm³/mol. The molecule has 1 fully saturated rings. The van der Waals surface area contributed by atoms with Crippen LogP contribution in [0.5, 0.6) is 0 Å². The van der Waals surface area contributed by atoms with Crippen LogP contribution in [0.4, 0.5) is 24.5 Å². The molecule has 0 radical (unpaired) electrons. The summed E-state index contributed by atoms with van der Waals surface area (Å²) in [4.78, 5) is 27.9. The number of benzene rings is 1. The second kappa shape index (κ2) is 12.6. The third-order valence-electron chi connectivity index (χ3n) is 7.53. The average Bonchev–Trinajstić information content (AvgIpc) is 3.72. The van der Waals surface area contributed by atoms with Gasteiger partial charge in [0.1, 0.15) is 22.2 Å². The Bertz CT molecular complexity index is 1780. The molecule has 9 nitrogen and oxygen atoms in total. The maximum Gasteiger partial charge on any atom is 0.412 e. The van der Waals surface area contributed by atoms with Crippen molar-refractivity contribution >= 4 is 49.4 Å². The van der Waals surface area contributed by atoms with E-state index in [9.17, 15) is 10.1 Å². The van der Waals surface area contributed by atoms with Crippen LogP contribution in [0.2, 0.25) is 0 Å². The zero-order valence-corrected chi connectivity index (χ0v) is 26.6. The molecule has 0 saturated carbocycles. The van der Waals surface area contributed by atoms with E-state index in [2.05, 4.69) is 41.0 Å². The van der Waals surface area contributed by atoms with Crippen molar-refractivity contribution in [3.63, 3.8) is 0 Å². The highest BCUT2D eigenvalue weighted by molar-refractivity contribution is 7.23. The van der Waals surface area contributed by atoms with Crippen molar-refractivity contribution in [2.45, 2.75) is 79.6 Å². The number of amides is 1. The second-order valence-corrected chi connectivity index (χ2v) is 13.1. The molecule has 1 aromatic carbocycles. The molecule has 1 atom stereocenters. The number of fused-ring (bicyclic) bond motifs is 4. The van der Waals surface area contributed by atoms with Gasteiger partial charge in [-0.3, -0.25) is 10.3 Å². The number of ether oxygens (including phenoxy) is 2. The Morgan fingerprint density at radius 1 is 1.20 bits per heavy atom. The zero-order chi connectivity index (χ0) is 31.8. The molecule has 0 spiro atoms. The van der Waals surface area contributed by atoms with Gasteiger partial charge in [-0.1, -0.05) is 33.6 Å². The lowest BCUT2D eigenvalue weighted by Gasteiger charge is -2.19. The fourth-order valence-corrected chi connectivity index (χ4v) is 6.31. The summed E-state index contributed by atoms with van der Waals surface area (Å²) in [6.45, 7) is 13.5. The number of pyridine rings is 1. The normalized spacial score (nSPS) is 16.1. The minimum Gasteiger partial charge on any atom is -0.444 e. The predicted octanol–water partition coefficient (Wildman–Crippen LogP) is 8.09. The van der Waals surface area contributed by atoms with E-state index in [-0.39, 0.29) is 50.6 Å². The van der Waals surface area contributed by atoms with Crippen molar-refractivity contribution in [1.29, 1.82) is 5.26 Å². The molecule has 0 aliphatic carbocycles. The summed E-state index contributed by atoms with van der Waals surface area (Å²) >= 11 is 0.865. The summed E-state index contributed by atoms with van der Waals surface area (Å²) < 4.78 is 42.7. The van der Waals surface area contributed by atoms with Gasteiger partial charge >= 0.3 is 6.09 Å². The Labute approximate surface area is 259 Å². The first-order valence-electron chi connectivity index (χ1n) is 14.8. The smallest absolute Gasteiger partial charge is 0.412 e. The zero-order valence-electron chi connectivity index (χ0n) is 25.8. The Morgan fingerprint density at radius 3 is 2.57 bits per heavy atom. The van der Waals surface area contributed by atoms with Crippen molar-refractivity contribution in [3.8, 4) is 17.3 Å². The molecule has 2 aliphatic heterocycles. The van der Waals surface area contributed by atoms with Gasteiger partial charge in [0.05, 0.1) is 35.4 Å². The quantitative estimate of drug-likeness (QED) is 0.243. The minimum atomic E-state index is -0.794. The molecule has 5 heterocycles. The minimum absolute atomic E-state index is 0.0329. The molecule has 0 bridgehead atoms. The lowest BCUT2D eigenvalue weighted by molar-refractivity contribution is 0.0636. The molecule has 44 heavy (non-hydrogen) atoms. The number of hydrogen-bond acceptors (Lipinski definition) is 9. The fourth-order valence-electron chi connectivity index (χ4n) is 5.27. The summed E-state index contributed by atoms with van der Waals surface area (Å²) in [7, 11) is 0. The molecule has 1 unspecified atom stereocenters. The highest BCUT2D eigenvalue weighted by Crippen LogP contribution is 2.46. The van der Waals surface area contributed by atoms with Gasteiger partial charge in [-0.25, -0.2) is 23.5 Å². The Hall–Kier alpha value is -3.95. The number of nitrogens with zero attached hydrogens (tertiary/aromatic N) is 5. The fraction of sp³-hybridized carbons (Fsp3) is 0.469. The van der Waals surface area contributed by atoms with Crippen LogP contribution in [0.25, 0.3) is 32.2 Å². The Balaban J connectivity index is 0.000000906. The number of nitriles is 1. The standard InChI is InChI=1S/C28H26F2N6O3S.C4H10/c1-13-5-6-36(10-13)26-33-8-15-16-11-38-12-17(16)19(21(30)22(15)34-26)23-20-14(7-31)25(35-27(37)39-28(2,3)4)40-24(20)18(29)9-32-23;1-3-4-2/h8-9,13H,5-6,10-12H2,1-4H3,(H,35,37);3-4H2,1-2H3. The van der Waals surface area contributed by atoms with E-state index in [0.29, 0.717) is 22.8 Å². The molecule has 4 aromatic rings. The topological polar surface area (TPSA) is 113 Å². The van der Waals surface area contributed by atoms with Crippen LogP contribution in [0.3, 0.4) is 0 Å². The van der Waals surface area contributed by atoms with Gasteiger partial charge in [-0.05, 0) is 44.2 Å².